The van der Waals surface area contributed by atoms with Crippen LogP contribution in [0.1, 0.15) is 46.7 Å². The molecule has 1 aliphatic carbocycles. The highest BCUT2D eigenvalue weighted by Crippen LogP contribution is 2.35. The number of fused-ring (bicyclic) bond motifs is 1. The van der Waals surface area contributed by atoms with Crippen LogP contribution in [0.3, 0.4) is 0 Å². The van der Waals surface area contributed by atoms with E-state index >= 15 is 0 Å². The van der Waals surface area contributed by atoms with Gasteiger partial charge in [0.25, 0.3) is 0 Å². The number of hydrogen-bond donors (Lipinski definition) is 0. The summed E-state index contributed by atoms with van der Waals surface area (Å²) < 4.78 is 14.0. The van der Waals surface area contributed by atoms with Crippen LogP contribution in [0.5, 0.6) is 0 Å². The van der Waals surface area contributed by atoms with E-state index in [1.807, 2.05) is 12.1 Å². The molecule has 2 aromatic carbocycles. The number of hydrogen-bond acceptors (Lipinski definition) is 1. The predicted molar refractivity (Wildman–Crippen MR) is 85.2 cm³/mol. The van der Waals surface area contributed by atoms with E-state index < -0.39 is 0 Å². The van der Waals surface area contributed by atoms with Crippen molar-refractivity contribution in [1.82, 2.24) is 0 Å². The van der Waals surface area contributed by atoms with Gasteiger partial charge >= 0.3 is 0 Å². The Kier molecular flexibility index (Phi) is 4.20. The fourth-order valence-electron chi connectivity index (χ4n) is 3.11. The Morgan fingerprint density at radius 1 is 1.24 bits per heavy atom. The molecule has 0 aromatic heterocycles. The van der Waals surface area contributed by atoms with E-state index in [1.165, 1.54) is 23.3 Å². The van der Waals surface area contributed by atoms with Crippen molar-refractivity contribution in [2.24, 2.45) is 0 Å². The van der Waals surface area contributed by atoms with E-state index in [0.29, 0.717) is 16.5 Å². The second-order valence-electron chi connectivity index (χ2n) is 5.54. The highest BCUT2D eigenvalue weighted by Gasteiger charge is 2.23. The summed E-state index contributed by atoms with van der Waals surface area (Å²) in [6.07, 6.45) is 3.67. The van der Waals surface area contributed by atoms with E-state index in [-0.39, 0.29) is 17.5 Å². The second-order valence-corrected chi connectivity index (χ2v) is 6.39. The van der Waals surface area contributed by atoms with E-state index in [9.17, 15) is 9.18 Å². The Morgan fingerprint density at radius 3 is 2.90 bits per heavy atom. The van der Waals surface area contributed by atoms with Gasteiger partial charge in [0.15, 0.2) is 5.78 Å². The van der Waals surface area contributed by atoms with Crippen LogP contribution in [0, 0.1) is 5.82 Å². The molecule has 0 amide bonds. The molecule has 0 fully saturated rings. The van der Waals surface area contributed by atoms with Crippen molar-refractivity contribution >= 4 is 21.7 Å². The van der Waals surface area contributed by atoms with Gasteiger partial charge < -0.3 is 0 Å². The predicted octanol–water partition coefficient (Wildman–Crippen LogP) is 5.28. The van der Waals surface area contributed by atoms with Gasteiger partial charge in [-0.3, -0.25) is 4.79 Å². The number of benzene rings is 2. The number of ketones is 1. The van der Waals surface area contributed by atoms with Gasteiger partial charge in [-0.15, -0.1) is 0 Å². The van der Waals surface area contributed by atoms with Crippen molar-refractivity contribution in [1.29, 1.82) is 0 Å². The van der Waals surface area contributed by atoms with Crippen molar-refractivity contribution in [3.63, 3.8) is 0 Å². The first-order chi connectivity index (χ1) is 10.1. The highest BCUT2D eigenvalue weighted by atomic mass is 79.9. The van der Waals surface area contributed by atoms with Crippen molar-refractivity contribution in [2.75, 3.05) is 0 Å². The first kappa shape index (κ1) is 14.5. The Hall–Kier alpha value is -1.48. The lowest BCUT2D eigenvalue weighted by Gasteiger charge is -2.25. The van der Waals surface area contributed by atoms with Crippen LogP contribution in [-0.2, 0) is 6.42 Å². The standard InChI is InChI=1S/C18H16BrFO/c19-17-9-8-14(20)11-16(17)18(21)10-13-6-3-5-12-4-1-2-7-15(12)13/h1-2,4,7-9,11,13H,3,5-6,10H2. The smallest absolute Gasteiger partial charge is 0.164 e. The number of carbonyl (C=O) groups is 1. The molecule has 0 saturated heterocycles. The summed E-state index contributed by atoms with van der Waals surface area (Å²) in [5.41, 5.74) is 3.07. The summed E-state index contributed by atoms with van der Waals surface area (Å²) in [5.74, 6) is -0.119. The number of halogens is 2. The molecule has 2 aromatic rings. The second kappa shape index (κ2) is 6.10. The monoisotopic (exact) mass is 346 g/mol. The molecule has 108 valence electrons. The third-order valence-electron chi connectivity index (χ3n) is 4.15. The van der Waals surface area contributed by atoms with E-state index in [1.54, 1.807) is 6.07 Å². The third-order valence-corrected chi connectivity index (χ3v) is 4.85. The maximum absolute atomic E-state index is 13.4. The molecule has 3 heteroatoms. The van der Waals surface area contributed by atoms with Crippen LogP contribution < -0.4 is 0 Å². The summed E-state index contributed by atoms with van der Waals surface area (Å²) in [7, 11) is 0. The Labute approximate surface area is 132 Å². The molecule has 0 bridgehead atoms. The lowest BCUT2D eigenvalue weighted by atomic mass is 9.79. The average molecular weight is 347 g/mol. The van der Waals surface area contributed by atoms with Crippen molar-refractivity contribution in [2.45, 2.75) is 31.6 Å². The van der Waals surface area contributed by atoms with Crippen LogP contribution >= 0.6 is 15.9 Å². The van der Waals surface area contributed by atoms with Crippen LogP contribution in [0.25, 0.3) is 0 Å². The summed E-state index contributed by atoms with van der Waals surface area (Å²) >= 11 is 3.34. The fourth-order valence-corrected chi connectivity index (χ4v) is 3.58. The number of aryl methyl sites for hydroxylation is 1. The van der Waals surface area contributed by atoms with Crippen LogP contribution in [0.2, 0.25) is 0 Å². The summed E-state index contributed by atoms with van der Waals surface area (Å²) in [6.45, 7) is 0. The zero-order valence-corrected chi connectivity index (χ0v) is 13.2. The molecular formula is C18H16BrFO. The molecule has 0 heterocycles. The number of carbonyl (C=O) groups excluding carboxylic acids is 1. The quantitative estimate of drug-likeness (QED) is 0.691. The van der Waals surface area contributed by atoms with Gasteiger partial charge in [0.2, 0.25) is 0 Å². The minimum Gasteiger partial charge on any atom is -0.294 e. The van der Waals surface area contributed by atoms with Gasteiger partial charge in [0.05, 0.1) is 0 Å². The van der Waals surface area contributed by atoms with Gasteiger partial charge in [-0.2, -0.15) is 0 Å². The van der Waals surface area contributed by atoms with E-state index in [0.717, 1.165) is 19.3 Å². The lowest BCUT2D eigenvalue weighted by Crippen LogP contribution is -2.14. The average Bonchev–Trinajstić information content (AvgIpc) is 2.50. The maximum atomic E-state index is 13.4. The molecular weight excluding hydrogens is 331 g/mol. The Morgan fingerprint density at radius 2 is 2.05 bits per heavy atom. The number of rotatable bonds is 3. The van der Waals surface area contributed by atoms with Crippen LogP contribution in [-0.4, -0.2) is 5.78 Å². The molecule has 3 rings (SSSR count). The SMILES string of the molecule is O=C(CC1CCCc2ccccc21)c1cc(F)ccc1Br. The van der Waals surface area contributed by atoms with Crippen molar-refractivity contribution < 1.29 is 9.18 Å². The van der Waals surface area contributed by atoms with Gasteiger partial charge in [-0.25, -0.2) is 4.39 Å². The molecule has 0 spiro atoms. The first-order valence-corrected chi connectivity index (χ1v) is 8.00. The molecule has 0 N–H and O–H groups in total. The Bertz CT molecular complexity index is 681. The zero-order valence-electron chi connectivity index (χ0n) is 11.6. The summed E-state index contributed by atoms with van der Waals surface area (Å²) in [4.78, 5) is 12.5. The normalized spacial score (nSPS) is 17.3. The molecule has 1 aliphatic rings. The topological polar surface area (TPSA) is 17.1 Å². The van der Waals surface area contributed by atoms with E-state index in [4.69, 9.17) is 0 Å². The molecule has 0 radical (unpaired) electrons. The minimum absolute atomic E-state index is 0.00285. The summed E-state index contributed by atoms with van der Waals surface area (Å²) in [6, 6.07) is 12.6. The van der Waals surface area contributed by atoms with Gasteiger partial charge in [-0.05, 0) is 54.5 Å². The van der Waals surface area contributed by atoms with Crippen LogP contribution in [0.4, 0.5) is 4.39 Å². The molecule has 1 atom stereocenters. The molecule has 21 heavy (non-hydrogen) atoms. The maximum Gasteiger partial charge on any atom is 0.164 e. The molecule has 0 saturated carbocycles. The number of Topliss-reactive ketones (excluding diaryl/α,β-unsaturated/α-hetero) is 1. The molecule has 1 nitrogen and oxygen atoms in total. The largest absolute Gasteiger partial charge is 0.294 e. The van der Waals surface area contributed by atoms with Crippen molar-refractivity contribution in [3.05, 3.63) is 69.4 Å². The first-order valence-electron chi connectivity index (χ1n) is 7.21. The Balaban J connectivity index is 1.84. The van der Waals surface area contributed by atoms with Gasteiger partial charge in [0.1, 0.15) is 5.82 Å². The lowest BCUT2D eigenvalue weighted by molar-refractivity contribution is 0.0970. The summed E-state index contributed by atoms with van der Waals surface area (Å²) in [5, 5.41) is 0. The van der Waals surface area contributed by atoms with Crippen LogP contribution in [0.15, 0.2) is 46.9 Å². The van der Waals surface area contributed by atoms with Crippen molar-refractivity contribution in [3.8, 4) is 0 Å². The van der Waals surface area contributed by atoms with Gasteiger partial charge in [0, 0.05) is 16.5 Å². The molecule has 0 aliphatic heterocycles. The zero-order chi connectivity index (χ0) is 14.8. The highest BCUT2D eigenvalue weighted by molar-refractivity contribution is 9.10. The minimum atomic E-state index is -0.370. The molecule has 1 unspecified atom stereocenters. The van der Waals surface area contributed by atoms with Gasteiger partial charge in [-0.1, -0.05) is 40.2 Å². The van der Waals surface area contributed by atoms with E-state index in [2.05, 4.69) is 28.1 Å². The third kappa shape index (κ3) is 3.08. The fraction of sp³-hybridized carbons (Fsp3) is 0.278.